The van der Waals surface area contributed by atoms with Gasteiger partial charge in [0.1, 0.15) is 11.6 Å². The van der Waals surface area contributed by atoms with E-state index in [4.69, 9.17) is 10.8 Å². The van der Waals surface area contributed by atoms with Crippen molar-refractivity contribution in [2.45, 2.75) is 12.5 Å². The van der Waals surface area contributed by atoms with E-state index in [2.05, 4.69) is 15.9 Å². The number of phenols is 1. The number of hydrogen-bond acceptors (Lipinski definition) is 3. The maximum absolute atomic E-state index is 13.3. The number of rotatable bonds is 3. The molecule has 1 unspecified atom stereocenters. The fourth-order valence-corrected chi connectivity index (χ4v) is 1.80. The van der Waals surface area contributed by atoms with Gasteiger partial charge in [-0.25, -0.2) is 4.39 Å². The predicted octanol–water partition coefficient (Wildman–Crippen LogP) is 1.77. The van der Waals surface area contributed by atoms with E-state index >= 15 is 0 Å². The van der Waals surface area contributed by atoms with E-state index in [1.165, 1.54) is 0 Å². The Labute approximate surface area is 93.6 Å². The summed E-state index contributed by atoms with van der Waals surface area (Å²) in [4.78, 5) is 10.4. The lowest BCUT2D eigenvalue weighted by molar-refractivity contribution is -0.137. The van der Waals surface area contributed by atoms with Crippen LogP contribution in [0.4, 0.5) is 4.39 Å². The first kappa shape index (κ1) is 11.9. The lowest BCUT2D eigenvalue weighted by Gasteiger charge is -2.13. The molecule has 0 aromatic heterocycles. The number of carboxylic acids is 1. The van der Waals surface area contributed by atoms with E-state index in [-0.39, 0.29) is 15.8 Å². The first-order chi connectivity index (χ1) is 6.93. The Bertz CT molecular complexity index is 397. The number of aromatic hydroxyl groups is 1. The van der Waals surface area contributed by atoms with Crippen molar-refractivity contribution in [2.24, 2.45) is 5.73 Å². The number of nitrogens with two attached hydrogens (primary N) is 1. The second-order valence-electron chi connectivity index (χ2n) is 3.00. The van der Waals surface area contributed by atoms with Crippen molar-refractivity contribution in [1.29, 1.82) is 0 Å². The van der Waals surface area contributed by atoms with Gasteiger partial charge < -0.3 is 15.9 Å². The fourth-order valence-electron chi connectivity index (χ4n) is 1.19. The first-order valence-electron chi connectivity index (χ1n) is 4.07. The molecule has 0 bridgehead atoms. The van der Waals surface area contributed by atoms with Gasteiger partial charge in [-0.05, 0) is 28.1 Å². The van der Waals surface area contributed by atoms with Gasteiger partial charge in [-0.3, -0.25) is 4.79 Å². The number of halogens is 2. The lowest BCUT2D eigenvalue weighted by Crippen LogP contribution is -2.17. The molecule has 0 radical (unpaired) electrons. The van der Waals surface area contributed by atoms with Crippen molar-refractivity contribution in [3.05, 3.63) is 28.0 Å². The molecule has 0 aliphatic rings. The van der Waals surface area contributed by atoms with Gasteiger partial charge >= 0.3 is 5.97 Å². The van der Waals surface area contributed by atoms with Gasteiger partial charge in [-0.15, -0.1) is 0 Å². The molecular formula is C9H9BrFNO3. The van der Waals surface area contributed by atoms with E-state index in [0.717, 1.165) is 12.1 Å². The van der Waals surface area contributed by atoms with Gasteiger partial charge in [0.05, 0.1) is 10.9 Å². The monoisotopic (exact) mass is 277 g/mol. The minimum Gasteiger partial charge on any atom is -0.507 e. The Morgan fingerprint density at radius 1 is 1.60 bits per heavy atom. The summed E-state index contributed by atoms with van der Waals surface area (Å²) in [7, 11) is 0. The Hall–Kier alpha value is -1.14. The van der Waals surface area contributed by atoms with Crippen LogP contribution in [0.5, 0.6) is 5.75 Å². The van der Waals surface area contributed by atoms with E-state index < -0.39 is 24.2 Å². The van der Waals surface area contributed by atoms with Crippen molar-refractivity contribution >= 4 is 21.9 Å². The number of hydrogen-bond donors (Lipinski definition) is 3. The van der Waals surface area contributed by atoms with Crippen LogP contribution >= 0.6 is 15.9 Å². The molecule has 0 aliphatic carbocycles. The highest BCUT2D eigenvalue weighted by molar-refractivity contribution is 9.10. The SMILES string of the molecule is NC(CC(=O)O)c1c(F)ccc(O)c1Br. The van der Waals surface area contributed by atoms with Gasteiger partial charge in [-0.2, -0.15) is 0 Å². The zero-order valence-corrected chi connectivity index (χ0v) is 9.16. The predicted molar refractivity (Wildman–Crippen MR) is 54.9 cm³/mol. The Balaban J connectivity index is 3.12. The number of benzene rings is 1. The number of carbonyl (C=O) groups is 1. The third kappa shape index (κ3) is 2.66. The molecule has 0 saturated carbocycles. The maximum atomic E-state index is 13.3. The summed E-state index contributed by atoms with van der Waals surface area (Å²) in [6.07, 6.45) is -0.404. The molecule has 0 heterocycles. The zero-order chi connectivity index (χ0) is 11.6. The zero-order valence-electron chi connectivity index (χ0n) is 7.58. The van der Waals surface area contributed by atoms with Crippen LogP contribution in [0.1, 0.15) is 18.0 Å². The highest BCUT2D eigenvalue weighted by Gasteiger charge is 2.19. The topological polar surface area (TPSA) is 83.6 Å². The third-order valence-electron chi connectivity index (χ3n) is 1.87. The van der Waals surface area contributed by atoms with Crippen LogP contribution in [0, 0.1) is 5.82 Å². The van der Waals surface area contributed by atoms with Crippen molar-refractivity contribution in [1.82, 2.24) is 0 Å². The minimum atomic E-state index is -1.13. The smallest absolute Gasteiger partial charge is 0.305 e. The van der Waals surface area contributed by atoms with Crippen LogP contribution in [0.2, 0.25) is 0 Å². The van der Waals surface area contributed by atoms with Crippen molar-refractivity contribution in [3.8, 4) is 5.75 Å². The Morgan fingerprint density at radius 3 is 2.73 bits per heavy atom. The van der Waals surface area contributed by atoms with Gasteiger partial charge in [0.2, 0.25) is 0 Å². The van der Waals surface area contributed by atoms with Crippen LogP contribution < -0.4 is 5.73 Å². The van der Waals surface area contributed by atoms with Crippen molar-refractivity contribution < 1.29 is 19.4 Å². The molecule has 82 valence electrons. The van der Waals surface area contributed by atoms with Crippen molar-refractivity contribution in [3.63, 3.8) is 0 Å². The number of aliphatic carboxylic acids is 1. The molecule has 1 aromatic rings. The summed E-state index contributed by atoms with van der Waals surface area (Å²) >= 11 is 2.96. The summed E-state index contributed by atoms with van der Waals surface area (Å²) in [5, 5.41) is 17.8. The molecule has 15 heavy (non-hydrogen) atoms. The summed E-state index contributed by atoms with van der Waals surface area (Å²) < 4.78 is 13.4. The molecule has 1 atom stereocenters. The van der Waals surface area contributed by atoms with Gasteiger partial charge in [-0.1, -0.05) is 0 Å². The summed E-state index contributed by atoms with van der Waals surface area (Å²) in [6.45, 7) is 0. The molecule has 4 nitrogen and oxygen atoms in total. The molecule has 0 spiro atoms. The molecule has 0 fully saturated rings. The van der Waals surface area contributed by atoms with Gasteiger partial charge in [0.15, 0.2) is 0 Å². The highest BCUT2D eigenvalue weighted by atomic mass is 79.9. The normalized spacial score (nSPS) is 12.5. The van der Waals surface area contributed by atoms with E-state index in [1.807, 2.05) is 0 Å². The van der Waals surface area contributed by atoms with Crippen LogP contribution in [0.25, 0.3) is 0 Å². The molecule has 1 rings (SSSR count). The lowest BCUT2D eigenvalue weighted by atomic mass is 10.0. The van der Waals surface area contributed by atoms with Crippen LogP contribution in [0.3, 0.4) is 0 Å². The third-order valence-corrected chi connectivity index (χ3v) is 2.70. The largest absolute Gasteiger partial charge is 0.507 e. The average molecular weight is 278 g/mol. The summed E-state index contributed by atoms with van der Waals surface area (Å²) in [5.74, 6) is -1.95. The molecule has 1 aromatic carbocycles. The van der Waals surface area contributed by atoms with E-state index in [1.54, 1.807) is 0 Å². The van der Waals surface area contributed by atoms with Crippen LogP contribution in [-0.4, -0.2) is 16.2 Å². The second-order valence-corrected chi connectivity index (χ2v) is 3.79. The number of phenolic OH excluding ortho intramolecular Hbond substituents is 1. The molecule has 4 N–H and O–H groups in total. The van der Waals surface area contributed by atoms with Crippen molar-refractivity contribution in [2.75, 3.05) is 0 Å². The van der Waals surface area contributed by atoms with Crippen LogP contribution in [-0.2, 0) is 4.79 Å². The Morgan fingerprint density at radius 2 is 2.20 bits per heavy atom. The first-order valence-corrected chi connectivity index (χ1v) is 4.87. The van der Waals surface area contributed by atoms with E-state index in [0.29, 0.717) is 0 Å². The standard InChI is InChI=1S/C9H9BrFNO3/c10-9-6(13)2-1-4(11)8(9)5(12)3-7(14)15/h1-2,5,13H,3,12H2,(H,14,15). The molecule has 0 saturated heterocycles. The van der Waals surface area contributed by atoms with Gasteiger partial charge in [0.25, 0.3) is 0 Å². The quantitative estimate of drug-likeness (QED) is 0.786. The fraction of sp³-hybridized carbons (Fsp3) is 0.222. The van der Waals surface area contributed by atoms with Gasteiger partial charge in [0, 0.05) is 11.6 Å². The molecule has 0 amide bonds. The molecule has 6 heteroatoms. The van der Waals surface area contributed by atoms with E-state index in [9.17, 15) is 14.3 Å². The Kier molecular flexibility index (Phi) is 3.65. The maximum Gasteiger partial charge on any atom is 0.305 e. The second kappa shape index (κ2) is 4.59. The highest BCUT2D eigenvalue weighted by Crippen LogP contribution is 2.33. The number of carboxylic acid groups (broad SMARTS) is 1. The minimum absolute atomic E-state index is 0.0302. The molecular weight excluding hydrogens is 269 g/mol. The summed E-state index contributed by atoms with van der Waals surface area (Å²) in [6, 6.07) is 1.21. The average Bonchev–Trinajstić information content (AvgIpc) is 2.11. The molecule has 0 aliphatic heterocycles. The van der Waals surface area contributed by atoms with Crippen LogP contribution in [0.15, 0.2) is 16.6 Å². The summed E-state index contributed by atoms with van der Waals surface area (Å²) in [5.41, 5.74) is 5.47.